The zero-order chi connectivity index (χ0) is 25.0. The standard InChI is InChI=1S/C30H44N2O2S/c1-2-3-4-5-6-7-8-9-10-11-15-20-29(33)32-30(35)31-27-21-23-28(24-22-27)34-25-16-19-26-17-13-12-14-18-26/h12-14,17-18,21-24H,2-11,15-16,19-20,25H2,1H3,(H2,31,32,33,35). The highest BCUT2D eigenvalue weighted by atomic mass is 32.1. The van der Waals surface area contributed by atoms with Crippen molar-refractivity contribution in [1.82, 2.24) is 5.32 Å². The number of aryl methyl sites for hydroxylation is 1. The number of hydrogen-bond acceptors (Lipinski definition) is 3. The topological polar surface area (TPSA) is 50.4 Å². The summed E-state index contributed by atoms with van der Waals surface area (Å²) in [5.41, 5.74) is 2.16. The van der Waals surface area contributed by atoms with Crippen molar-refractivity contribution < 1.29 is 9.53 Å². The third-order valence-corrected chi connectivity index (χ3v) is 6.30. The predicted molar refractivity (Wildman–Crippen MR) is 152 cm³/mol. The summed E-state index contributed by atoms with van der Waals surface area (Å²) in [6.07, 6.45) is 16.5. The molecule has 1 amide bonds. The van der Waals surface area contributed by atoms with Gasteiger partial charge in [-0.3, -0.25) is 4.79 Å². The second kappa shape index (κ2) is 18.9. The fraction of sp³-hybridized carbons (Fsp3) is 0.533. The summed E-state index contributed by atoms with van der Waals surface area (Å²) in [4.78, 5) is 12.1. The van der Waals surface area contributed by atoms with Crippen LogP contribution >= 0.6 is 12.2 Å². The van der Waals surface area contributed by atoms with Gasteiger partial charge in [-0.1, -0.05) is 101 Å². The lowest BCUT2D eigenvalue weighted by molar-refractivity contribution is -0.119. The van der Waals surface area contributed by atoms with Gasteiger partial charge in [0, 0.05) is 12.1 Å². The van der Waals surface area contributed by atoms with E-state index < -0.39 is 0 Å². The number of benzene rings is 2. The number of unbranched alkanes of at least 4 members (excludes halogenated alkanes) is 10. The van der Waals surface area contributed by atoms with Crippen molar-refractivity contribution in [2.24, 2.45) is 0 Å². The second-order valence-corrected chi connectivity index (χ2v) is 9.66. The maximum absolute atomic E-state index is 12.1. The molecule has 2 aromatic carbocycles. The number of ether oxygens (including phenoxy) is 1. The summed E-state index contributed by atoms with van der Waals surface area (Å²) in [7, 11) is 0. The Balaban J connectivity index is 1.48. The maximum Gasteiger partial charge on any atom is 0.226 e. The lowest BCUT2D eigenvalue weighted by Crippen LogP contribution is -2.33. The van der Waals surface area contributed by atoms with E-state index in [-0.39, 0.29) is 5.91 Å². The minimum absolute atomic E-state index is 0.0169. The van der Waals surface area contributed by atoms with E-state index in [9.17, 15) is 4.79 Å². The number of thiocarbonyl (C=S) groups is 1. The van der Waals surface area contributed by atoms with Gasteiger partial charge in [-0.25, -0.2) is 0 Å². The average Bonchev–Trinajstić information content (AvgIpc) is 2.86. The Morgan fingerprint density at radius 3 is 2.00 bits per heavy atom. The van der Waals surface area contributed by atoms with Gasteiger partial charge in [-0.2, -0.15) is 0 Å². The number of anilines is 1. The maximum atomic E-state index is 12.1. The molecule has 0 spiro atoms. The molecule has 0 atom stereocenters. The van der Waals surface area contributed by atoms with Crippen LogP contribution < -0.4 is 15.4 Å². The SMILES string of the molecule is CCCCCCCCCCCCCC(=O)NC(=S)Nc1ccc(OCCCc2ccccc2)cc1. The van der Waals surface area contributed by atoms with Crippen molar-refractivity contribution in [3.05, 3.63) is 60.2 Å². The fourth-order valence-electron chi connectivity index (χ4n) is 4.05. The average molecular weight is 497 g/mol. The summed E-state index contributed by atoms with van der Waals surface area (Å²) in [5, 5.41) is 6.20. The Hall–Kier alpha value is -2.40. The quantitative estimate of drug-likeness (QED) is 0.161. The molecule has 192 valence electrons. The number of nitrogens with one attached hydrogen (secondary N) is 2. The summed E-state index contributed by atoms with van der Waals surface area (Å²) in [6.45, 7) is 2.93. The molecule has 0 bridgehead atoms. The predicted octanol–water partition coefficient (Wildman–Crippen LogP) is 8.21. The van der Waals surface area contributed by atoms with Crippen molar-refractivity contribution in [1.29, 1.82) is 0 Å². The van der Waals surface area contributed by atoms with Crippen molar-refractivity contribution in [3.8, 4) is 5.75 Å². The molecule has 2 aromatic rings. The van der Waals surface area contributed by atoms with Crippen LogP contribution in [0.3, 0.4) is 0 Å². The van der Waals surface area contributed by atoms with Crippen LogP contribution in [-0.2, 0) is 11.2 Å². The van der Waals surface area contributed by atoms with E-state index in [0.717, 1.165) is 37.1 Å². The highest BCUT2D eigenvalue weighted by molar-refractivity contribution is 7.80. The van der Waals surface area contributed by atoms with Crippen LogP contribution in [0.25, 0.3) is 0 Å². The zero-order valence-corrected chi connectivity index (χ0v) is 22.3. The number of carbonyl (C=O) groups excluding carboxylic acids is 1. The Labute approximate surface area is 218 Å². The molecule has 0 aliphatic carbocycles. The Morgan fingerprint density at radius 2 is 1.37 bits per heavy atom. The molecule has 0 aliphatic rings. The largest absolute Gasteiger partial charge is 0.494 e. The van der Waals surface area contributed by atoms with Gasteiger partial charge in [0.1, 0.15) is 5.75 Å². The minimum Gasteiger partial charge on any atom is -0.494 e. The number of rotatable bonds is 18. The minimum atomic E-state index is -0.0169. The summed E-state index contributed by atoms with van der Waals surface area (Å²) >= 11 is 5.29. The molecule has 0 fully saturated rings. The van der Waals surface area contributed by atoms with Gasteiger partial charge in [-0.15, -0.1) is 0 Å². The Bertz CT molecular complexity index is 824. The lowest BCUT2D eigenvalue weighted by atomic mass is 10.1. The van der Waals surface area contributed by atoms with E-state index in [1.165, 1.54) is 63.4 Å². The van der Waals surface area contributed by atoms with Crippen molar-refractivity contribution >= 4 is 28.9 Å². The summed E-state index contributed by atoms with van der Waals surface area (Å²) in [5.74, 6) is 0.812. The third-order valence-electron chi connectivity index (χ3n) is 6.09. The number of amides is 1. The van der Waals surface area contributed by atoms with Crippen LogP contribution in [0, 0.1) is 0 Å². The molecule has 2 N–H and O–H groups in total. The van der Waals surface area contributed by atoms with Gasteiger partial charge in [0.15, 0.2) is 5.11 Å². The molecule has 0 saturated carbocycles. The summed E-state index contributed by atoms with van der Waals surface area (Å²) < 4.78 is 5.83. The first-order valence-electron chi connectivity index (χ1n) is 13.5. The Kier molecular flexibility index (Phi) is 15.5. The lowest BCUT2D eigenvalue weighted by Gasteiger charge is -2.11. The van der Waals surface area contributed by atoms with Crippen molar-refractivity contribution in [3.63, 3.8) is 0 Å². The molecular weight excluding hydrogens is 452 g/mol. The van der Waals surface area contributed by atoms with E-state index in [1.807, 2.05) is 30.3 Å². The van der Waals surface area contributed by atoms with Gasteiger partial charge in [0.2, 0.25) is 5.91 Å². The van der Waals surface area contributed by atoms with Gasteiger partial charge in [0.25, 0.3) is 0 Å². The van der Waals surface area contributed by atoms with Crippen LogP contribution in [0.15, 0.2) is 54.6 Å². The van der Waals surface area contributed by atoms with Crippen LogP contribution in [-0.4, -0.2) is 17.6 Å². The molecule has 5 heteroatoms. The van der Waals surface area contributed by atoms with E-state index in [1.54, 1.807) is 0 Å². The van der Waals surface area contributed by atoms with Crippen molar-refractivity contribution in [2.45, 2.75) is 96.8 Å². The van der Waals surface area contributed by atoms with Gasteiger partial charge in [-0.05, 0) is 61.3 Å². The molecule has 0 heterocycles. The van der Waals surface area contributed by atoms with E-state index in [2.05, 4.69) is 41.8 Å². The molecule has 0 saturated heterocycles. The highest BCUT2D eigenvalue weighted by Crippen LogP contribution is 2.16. The number of carbonyl (C=O) groups is 1. The molecule has 0 radical (unpaired) electrons. The van der Waals surface area contributed by atoms with Crippen LogP contribution in [0.2, 0.25) is 0 Å². The van der Waals surface area contributed by atoms with Gasteiger partial charge < -0.3 is 15.4 Å². The van der Waals surface area contributed by atoms with Crippen LogP contribution in [0.5, 0.6) is 5.75 Å². The molecule has 0 aliphatic heterocycles. The molecule has 4 nitrogen and oxygen atoms in total. The van der Waals surface area contributed by atoms with E-state index >= 15 is 0 Å². The van der Waals surface area contributed by atoms with Crippen LogP contribution in [0.1, 0.15) is 96.0 Å². The van der Waals surface area contributed by atoms with Gasteiger partial charge >= 0.3 is 0 Å². The Morgan fingerprint density at radius 1 is 0.771 bits per heavy atom. The molecule has 0 aromatic heterocycles. The first-order valence-corrected chi connectivity index (χ1v) is 14.0. The second-order valence-electron chi connectivity index (χ2n) is 9.25. The number of hydrogen-bond donors (Lipinski definition) is 2. The monoisotopic (exact) mass is 496 g/mol. The summed E-state index contributed by atoms with van der Waals surface area (Å²) in [6, 6.07) is 18.1. The smallest absolute Gasteiger partial charge is 0.226 e. The highest BCUT2D eigenvalue weighted by Gasteiger charge is 2.05. The first-order chi connectivity index (χ1) is 17.2. The van der Waals surface area contributed by atoms with Crippen LogP contribution in [0.4, 0.5) is 5.69 Å². The molecule has 2 rings (SSSR count). The van der Waals surface area contributed by atoms with E-state index in [4.69, 9.17) is 17.0 Å². The molecular formula is C30H44N2O2S. The van der Waals surface area contributed by atoms with E-state index in [0.29, 0.717) is 18.1 Å². The normalized spacial score (nSPS) is 10.7. The zero-order valence-electron chi connectivity index (χ0n) is 21.5. The third kappa shape index (κ3) is 14.6. The van der Waals surface area contributed by atoms with Gasteiger partial charge in [0.05, 0.1) is 6.61 Å². The van der Waals surface area contributed by atoms with Crippen molar-refractivity contribution in [2.75, 3.05) is 11.9 Å². The molecule has 35 heavy (non-hydrogen) atoms. The fourth-order valence-corrected chi connectivity index (χ4v) is 4.28. The first kappa shape index (κ1) is 28.8. The molecule has 0 unspecified atom stereocenters.